The topological polar surface area (TPSA) is 73.6 Å². The number of carboxylic acids is 1. The average molecular weight is 512 g/mol. The molecule has 0 saturated carbocycles. The Hall–Kier alpha value is -4.17. The first-order valence-electron chi connectivity index (χ1n) is 12.1. The third kappa shape index (κ3) is 4.44. The van der Waals surface area contributed by atoms with Gasteiger partial charge in [0.25, 0.3) is 0 Å². The molecule has 4 aromatic rings. The van der Waals surface area contributed by atoms with Crippen LogP contribution in [0.4, 0.5) is 11.4 Å². The Morgan fingerprint density at radius 1 is 1.00 bits per heavy atom. The molecule has 37 heavy (non-hydrogen) atoms. The molecule has 1 aliphatic rings. The van der Waals surface area contributed by atoms with Gasteiger partial charge < -0.3 is 24.8 Å². The van der Waals surface area contributed by atoms with Crippen LogP contribution < -0.4 is 15.1 Å². The Bertz CT molecular complexity index is 1450. The molecule has 0 bridgehead atoms. The summed E-state index contributed by atoms with van der Waals surface area (Å²) < 4.78 is 2.16. The van der Waals surface area contributed by atoms with Crippen molar-refractivity contribution in [3.05, 3.63) is 107 Å². The summed E-state index contributed by atoms with van der Waals surface area (Å²) in [5.41, 5.74) is 7.45. The summed E-state index contributed by atoms with van der Waals surface area (Å²) in [5, 5.41) is 13.5. The van der Waals surface area contributed by atoms with Crippen LogP contribution >= 0.6 is 12.2 Å². The summed E-state index contributed by atoms with van der Waals surface area (Å²) in [6, 6.07) is 23.2. The lowest BCUT2D eigenvalue weighted by Gasteiger charge is -2.28. The molecular formula is C29H29N5O2S. The van der Waals surface area contributed by atoms with E-state index in [1.54, 1.807) is 18.3 Å². The molecule has 7 nitrogen and oxygen atoms in total. The van der Waals surface area contributed by atoms with Crippen LogP contribution in [0.3, 0.4) is 0 Å². The molecule has 0 radical (unpaired) electrons. The van der Waals surface area contributed by atoms with Crippen LogP contribution in [-0.2, 0) is 0 Å². The van der Waals surface area contributed by atoms with Crippen molar-refractivity contribution >= 4 is 34.7 Å². The molecule has 1 saturated heterocycles. The van der Waals surface area contributed by atoms with Gasteiger partial charge in [0.1, 0.15) is 0 Å². The largest absolute Gasteiger partial charge is 0.478 e. The molecule has 8 heteroatoms. The van der Waals surface area contributed by atoms with Crippen molar-refractivity contribution < 1.29 is 9.90 Å². The fourth-order valence-corrected chi connectivity index (χ4v) is 5.44. The van der Waals surface area contributed by atoms with Crippen LogP contribution in [0.2, 0.25) is 0 Å². The number of rotatable bonds is 6. The highest BCUT2D eigenvalue weighted by Gasteiger charge is 2.42. The van der Waals surface area contributed by atoms with Gasteiger partial charge in [-0.3, -0.25) is 4.98 Å². The molecular weight excluding hydrogens is 482 g/mol. The van der Waals surface area contributed by atoms with Gasteiger partial charge in [0.15, 0.2) is 5.11 Å². The van der Waals surface area contributed by atoms with Gasteiger partial charge in [-0.15, -0.1) is 0 Å². The highest BCUT2D eigenvalue weighted by molar-refractivity contribution is 7.80. The average Bonchev–Trinajstić information content (AvgIpc) is 3.39. The number of carbonyl (C=O) groups is 1. The molecule has 2 aromatic heterocycles. The number of aromatic nitrogens is 2. The Morgan fingerprint density at radius 2 is 1.68 bits per heavy atom. The molecule has 1 fully saturated rings. The molecule has 2 aromatic carbocycles. The number of benzene rings is 2. The van der Waals surface area contributed by atoms with E-state index < -0.39 is 5.97 Å². The van der Waals surface area contributed by atoms with Crippen molar-refractivity contribution in [2.75, 3.05) is 23.9 Å². The second-order valence-corrected chi connectivity index (χ2v) is 9.81. The molecule has 0 amide bonds. The summed E-state index contributed by atoms with van der Waals surface area (Å²) in [5.74, 6) is -0.937. The second kappa shape index (κ2) is 9.71. The highest BCUT2D eigenvalue weighted by atomic mass is 32.1. The van der Waals surface area contributed by atoms with Gasteiger partial charge in [-0.1, -0.05) is 6.07 Å². The number of pyridine rings is 1. The summed E-state index contributed by atoms with van der Waals surface area (Å²) in [4.78, 5) is 20.3. The van der Waals surface area contributed by atoms with E-state index in [1.807, 2.05) is 44.4 Å². The second-order valence-electron chi connectivity index (χ2n) is 9.42. The van der Waals surface area contributed by atoms with Crippen molar-refractivity contribution in [2.45, 2.75) is 25.9 Å². The van der Waals surface area contributed by atoms with Crippen LogP contribution in [0, 0.1) is 13.8 Å². The number of hydrogen-bond donors (Lipinski definition) is 2. The Morgan fingerprint density at radius 3 is 2.27 bits per heavy atom. The van der Waals surface area contributed by atoms with Gasteiger partial charge in [0.05, 0.1) is 23.3 Å². The van der Waals surface area contributed by atoms with E-state index in [2.05, 4.69) is 68.8 Å². The predicted molar refractivity (Wildman–Crippen MR) is 151 cm³/mol. The lowest BCUT2D eigenvalue weighted by atomic mass is 9.96. The minimum absolute atomic E-state index is 0.133. The molecule has 5 rings (SSSR count). The number of nitrogens with one attached hydrogen (secondary N) is 1. The number of carboxylic acid groups (broad SMARTS) is 1. The molecule has 188 valence electrons. The molecule has 0 aliphatic carbocycles. The predicted octanol–water partition coefficient (Wildman–Crippen LogP) is 5.43. The smallest absolute Gasteiger partial charge is 0.335 e. The van der Waals surface area contributed by atoms with Crippen molar-refractivity contribution in [3.63, 3.8) is 0 Å². The Labute approximate surface area is 222 Å². The summed E-state index contributed by atoms with van der Waals surface area (Å²) >= 11 is 5.89. The van der Waals surface area contributed by atoms with Crippen molar-refractivity contribution in [3.8, 4) is 5.69 Å². The fourth-order valence-electron chi connectivity index (χ4n) is 5.10. The standard InChI is InChI=1S/C29H29N5O2S/c1-18-17-24(19(2)33(18)22-10-8-20(9-11-22)28(35)36)27-26(25-7-5-6-16-30-25)31-29(37)34(27)23-14-12-21(13-15-23)32(3)4/h5-17,26-27H,1-4H3,(H,31,37)(H,35,36). The summed E-state index contributed by atoms with van der Waals surface area (Å²) in [7, 11) is 4.05. The first kappa shape index (κ1) is 24.5. The first-order valence-corrected chi connectivity index (χ1v) is 12.5. The Kier molecular flexibility index (Phi) is 6.43. The number of nitrogens with zero attached hydrogens (tertiary/aromatic N) is 4. The van der Waals surface area contributed by atoms with Gasteiger partial charge in [-0.2, -0.15) is 0 Å². The minimum Gasteiger partial charge on any atom is -0.478 e. The van der Waals surface area contributed by atoms with Gasteiger partial charge >= 0.3 is 5.97 Å². The maximum absolute atomic E-state index is 11.4. The van der Waals surface area contributed by atoms with Gasteiger partial charge in [-0.05, 0) is 98.4 Å². The van der Waals surface area contributed by atoms with E-state index in [0.29, 0.717) is 5.11 Å². The molecule has 2 N–H and O–H groups in total. The van der Waals surface area contributed by atoms with Crippen molar-refractivity contribution in [1.82, 2.24) is 14.9 Å². The van der Waals surface area contributed by atoms with Crippen LogP contribution in [-0.4, -0.2) is 39.8 Å². The molecule has 3 heterocycles. The molecule has 1 aliphatic heterocycles. The molecule has 2 unspecified atom stereocenters. The SMILES string of the molecule is Cc1cc(C2C(c3ccccn3)NC(=S)N2c2ccc(N(C)C)cc2)c(C)n1-c1ccc(C(=O)O)cc1. The number of thiocarbonyl (C=S) groups is 1. The van der Waals surface area contributed by atoms with Gasteiger partial charge in [-0.25, -0.2) is 4.79 Å². The van der Waals surface area contributed by atoms with Crippen LogP contribution in [0.15, 0.2) is 79.0 Å². The van der Waals surface area contributed by atoms with Crippen LogP contribution in [0.1, 0.15) is 45.1 Å². The molecule has 2 atom stereocenters. The van der Waals surface area contributed by atoms with E-state index in [4.69, 9.17) is 12.2 Å². The zero-order valence-corrected chi connectivity index (χ0v) is 22.0. The third-order valence-electron chi connectivity index (χ3n) is 6.90. The zero-order valence-electron chi connectivity index (χ0n) is 21.2. The normalized spacial score (nSPS) is 17.1. The monoisotopic (exact) mass is 511 g/mol. The lowest BCUT2D eigenvalue weighted by Crippen LogP contribution is -2.29. The Balaban J connectivity index is 1.63. The number of aryl methyl sites for hydroxylation is 1. The zero-order chi connectivity index (χ0) is 26.3. The van der Waals surface area contributed by atoms with Gasteiger partial charge in [0, 0.05) is 48.7 Å². The first-order chi connectivity index (χ1) is 17.8. The van der Waals surface area contributed by atoms with E-state index >= 15 is 0 Å². The number of anilines is 2. The number of hydrogen-bond acceptors (Lipinski definition) is 4. The van der Waals surface area contributed by atoms with E-state index in [9.17, 15) is 9.90 Å². The minimum atomic E-state index is -0.937. The maximum Gasteiger partial charge on any atom is 0.335 e. The summed E-state index contributed by atoms with van der Waals surface area (Å²) in [6.07, 6.45) is 1.80. The van der Waals surface area contributed by atoms with Crippen molar-refractivity contribution in [2.24, 2.45) is 0 Å². The van der Waals surface area contributed by atoms with E-state index in [1.165, 1.54) is 0 Å². The quantitative estimate of drug-likeness (QED) is 0.334. The third-order valence-corrected chi connectivity index (χ3v) is 7.22. The van der Waals surface area contributed by atoms with Gasteiger partial charge in [0.2, 0.25) is 0 Å². The van der Waals surface area contributed by atoms with E-state index in [-0.39, 0.29) is 17.6 Å². The fraction of sp³-hybridized carbons (Fsp3) is 0.207. The van der Waals surface area contributed by atoms with Crippen LogP contribution in [0.5, 0.6) is 0 Å². The number of aromatic carboxylic acids is 1. The summed E-state index contributed by atoms with van der Waals surface area (Å²) in [6.45, 7) is 4.16. The molecule has 0 spiro atoms. The highest BCUT2D eigenvalue weighted by Crippen LogP contribution is 2.44. The van der Waals surface area contributed by atoms with Crippen molar-refractivity contribution in [1.29, 1.82) is 0 Å². The maximum atomic E-state index is 11.4. The van der Waals surface area contributed by atoms with Crippen LogP contribution in [0.25, 0.3) is 5.69 Å². The van der Waals surface area contributed by atoms with E-state index in [0.717, 1.165) is 39.7 Å². The lowest BCUT2D eigenvalue weighted by molar-refractivity contribution is 0.0697.